The quantitative estimate of drug-likeness (QED) is 0.124. The zero-order valence-electron chi connectivity index (χ0n) is 18.9. The number of guanidine groups is 1. The van der Waals surface area contributed by atoms with Gasteiger partial charge in [-0.2, -0.15) is 0 Å². The maximum absolute atomic E-state index is 9.11. The Hall–Kier alpha value is -2.30. The number of fused-ring (bicyclic) bond motifs is 1. The molecule has 1 heterocycles. The van der Waals surface area contributed by atoms with Crippen LogP contribution in [0.15, 0.2) is 50.5 Å². The van der Waals surface area contributed by atoms with Crippen LogP contribution in [0.2, 0.25) is 0 Å². The van der Waals surface area contributed by atoms with Gasteiger partial charge in [-0.15, -0.1) is 0 Å². The molecular weight excluding hydrogens is 599 g/mol. The summed E-state index contributed by atoms with van der Waals surface area (Å²) in [5.74, 6) is 4.25. The summed E-state index contributed by atoms with van der Waals surface area (Å²) in [5.41, 5.74) is 2.54. The molecule has 0 radical (unpaired) electrons. The van der Waals surface area contributed by atoms with Crippen LogP contribution in [-0.2, 0) is 30.2 Å². The fourth-order valence-corrected chi connectivity index (χ4v) is 6.12. The second-order valence-electron chi connectivity index (χ2n) is 7.71. The monoisotopic (exact) mass is 628 g/mol. The Morgan fingerprint density at radius 1 is 1.16 bits per heavy atom. The van der Waals surface area contributed by atoms with Crippen LogP contribution < -0.4 is 14.7 Å². The fourth-order valence-electron chi connectivity index (χ4n) is 3.30. The molecule has 1 aromatic heterocycles. The number of benzene rings is 2. The first kappa shape index (κ1) is 24.3. The summed E-state index contributed by atoms with van der Waals surface area (Å²) >= 11 is 1.00. The van der Waals surface area contributed by atoms with Gasteiger partial charge >= 0.3 is 189 Å². The Morgan fingerprint density at radius 3 is 2.75 bits per heavy atom. The Balaban J connectivity index is 1.53. The first-order chi connectivity index (χ1) is 15.5. The molecule has 0 saturated heterocycles. The van der Waals surface area contributed by atoms with E-state index in [2.05, 4.69) is 59.7 Å². The van der Waals surface area contributed by atoms with E-state index in [-0.39, 0.29) is 0 Å². The van der Waals surface area contributed by atoms with Gasteiger partial charge in [-0.25, -0.2) is 0 Å². The first-order valence-electron chi connectivity index (χ1n) is 10.3. The molecule has 2 N–H and O–H groups in total. The molecule has 0 unspecified atom stereocenters. The van der Waals surface area contributed by atoms with E-state index in [9.17, 15) is 0 Å². The first-order valence-corrected chi connectivity index (χ1v) is 13.8. The third-order valence-corrected chi connectivity index (χ3v) is 8.02. The molecule has 8 heteroatoms. The van der Waals surface area contributed by atoms with E-state index in [0.29, 0.717) is 5.96 Å². The van der Waals surface area contributed by atoms with E-state index in [1.54, 1.807) is 11.8 Å². The van der Waals surface area contributed by atoms with Crippen LogP contribution in [0.25, 0.3) is 10.8 Å². The molecule has 0 fully saturated rings. The second-order valence-corrected chi connectivity index (χ2v) is 11.2. The molecule has 0 atom stereocenters. The number of nitriles is 1. The topological polar surface area (TPSA) is 76.6 Å². The molecule has 32 heavy (non-hydrogen) atoms. The minimum absolute atomic E-state index is 0.556. The zero-order valence-corrected chi connectivity index (χ0v) is 22.1. The van der Waals surface area contributed by atoms with Crippen LogP contribution >= 0.6 is 11.8 Å². The van der Waals surface area contributed by atoms with E-state index in [0.717, 1.165) is 36.1 Å². The van der Waals surface area contributed by atoms with Gasteiger partial charge in [0.1, 0.15) is 0 Å². The van der Waals surface area contributed by atoms with Crippen molar-refractivity contribution in [2.24, 2.45) is 3.66 Å². The van der Waals surface area contributed by atoms with Gasteiger partial charge in [-0.1, -0.05) is 0 Å². The average molecular weight is 628 g/mol. The Bertz CT molecular complexity index is 1120. The van der Waals surface area contributed by atoms with Crippen molar-refractivity contribution < 1.29 is 22.4 Å². The normalized spacial score (nSPS) is 11.8. The molecule has 0 aliphatic rings. The summed E-state index contributed by atoms with van der Waals surface area (Å²) in [6.07, 6.45) is 2.00. The van der Waals surface area contributed by atoms with Crippen LogP contribution in [0.5, 0.6) is 0 Å². The summed E-state index contributed by atoms with van der Waals surface area (Å²) in [4.78, 5) is 2.09. The number of nitrogens with one attached hydrogen (secondary N) is 2. The van der Waals surface area contributed by atoms with Gasteiger partial charge in [0, 0.05) is 0 Å². The molecule has 0 aliphatic carbocycles. The van der Waals surface area contributed by atoms with Gasteiger partial charge in [0.2, 0.25) is 0 Å². The van der Waals surface area contributed by atoms with Crippen LogP contribution in [0.4, 0.5) is 0 Å². The second kappa shape index (κ2) is 12.1. The minimum atomic E-state index is -0.791. The standard InChI is InChI=1S/C12H18N5OS.C12H11.Ir/c1-17(2)7-10-3-4-11(18-10)8-19-6-5-15-12(14)16-9-13;1-9-7-10(2)12-6-4-3-5-11(12)8-9;/h3-4H,5-8H2,1-2H3,(H2-,14,15,16);3-4,6-8H,1-2H3;/q-1;;+1. The van der Waals surface area contributed by atoms with Crippen molar-refractivity contribution in [1.82, 2.24) is 15.5 Å². The van der Waals surface area contributed by atoms with Crippen molar-refractivity contribution in [2.75, 3.05) is 26.4 Å². The Morgan fingerprint density at radius 2 is 1.97 bits per heavy atom. The van der Waals surface area contributed by atoms with E-state index in [1.165, 1.54) is 26.0 Å². The third-order valence-electron chi connectivity index (χ3n) is 4.61. The number of furan rings is 1. The molecule has 2 aromatic carbocycles. The van der Waals surface area contributed by atoms with Gasteiger partial charge in [0.25, 0.3) is 0 Å². The predicted octanol–water partition coefficient (Wildman–Crippen LogP) is 3.68. The van der Waals surface area contributed by atoms with Gasteiger partial charge in [-0.3, -0.25) is 0 Å². The van der Waals surface area contributed by atoms with Crippen molar-refractivity contribution in [3.05, 3.63) is 65.1 Å². The number of aryl methyl sites for hydroxylation is 2. The molecule has 3 rings (SSSR count). The van der Waals surface area contributed by atoms with Crippen molar-refractivity contribution >= 4 is 32.6 Å². The summed E-state index contributed by atoms with van der Waals surface area (Å²) in [7, 11) is 4.06. The van der Waals surface area contributed by atoms with E-state index < -0.39 is 17.9 Å². The van der Waals surface area contributed by atoms with Crippen molar-refractivity contribution in [2.45, 2.75) is 26.1 Å². The molecule has 0 aliphatic heterocycles. The SMILES string of the molecule is Cc1cc(C)c2ccc[c]([Ir][N]=C(NC#N)NCCSCc3ccc(CN(C)C)o3)c2c1. The predicted molar refractivity (Wildman–Crippen MR) is 130 cm³/mol. The van der Waals surface area contributed by atoms with Crippen molar-refractivity contribution in [3.8, 4) is 6.19 Å². The van der Waals surface area contributed by atoms with Crippen LogP contribution in [0.1, 0.15) is 22.6 Å². The summed E-state index contributed by atoms with van der Waals surface area (Å²) in [5, 5.41) is 17.6. The molecule has 0 saturated carbocycles. The molecule has 6 nitrogen and oxygen atoms in total. The molecule has 3 aromatic rings. The summed E-state index contributed by atoms with van der Waals surface area (Å²) in [6, 6.07) is 14.9. The Kier molecular flexibility index (Phi) is 9.19. The number of hydrogen-bond acceptors (Lipinski definition) is 5. The van der Waals surface area contributed by atoms with Gasteiger partial charge in [-0.05, 0) is 14.1 Å². The number of nitrogens with zero attached hydrogens (tertiary/aromatic N) is 3. The van der Waals surface area contributed by atoms with Gasteiger partial charge in [0.15, 0.2) is 0 Å². The molecular formula is C24H29IrN5OS. The van der Waals surface area contributed by atoms with Gasteiger partial charge in [0.05, 0.1) is 0 Å². The summed E-state index contributed by atoms with van der Waals surface area (Å²) in [6.45, 7) is 5.81. The van der Waals surface area contributed by atoms with E-state index in [1.807, 2.05) is 32.4 Å². The zero-order chi connectivity index (χ0) is 22.9. The molecule has 0 spiro atoms. The number of hydrogen-bond donors (Lipinski definition) is 2. The van der Waals surface area contributed by atoms with E-state index in [4.69, 9.17) is 13.3 Å². The van der Waals surface area contributed by atoms with Crippen molar-refractivity contribution in [3.63, 3.8) is 0 Å². The van der Waals surface area contributed by atoms with Gasteiger partial charge < -0.3 is 0 Å². The van der Waals surface area contributed by atoms with Crippen LogP contribution in [0.3, 0.4) is 0 Å². The van der Waals surface area contributed by atoms with Crippen LogP contribution in [0, 0.1) is 25.3 Å². The average Bonchev–Trinajstić information content (AvgIpc) is 3.18. The summed E-state index contributed by atoms with van der Waals surface area (Å²) < 4.78 is 11.9. The fraction of sp³-hybridized carbons (Fsp3) is 0.333. The number of rotatable bonds is 9. The van der Waals surface area contributed by atoms with Crippen molar-refractivity contribution in [1.29, 1.82) is 5.26 Å². The molecule has 0 bridgehead atoms. The maximum atomic E-state index is 9.11. The molecule has 0 amide bonds. The molecule has 171 valence electrons. The Labute approximate surface area is 202 Å². The van der Waals surface area contributed by atoms with Crippen LogP contribution in [-0.4, -0.2) is 37.3 Å². The van der Waals surface area contributed by atoms with E-state index >= 15 is 0 Å². The number of thioether (sulfide) groups is 1. The third kappa shape index (κ3) is 7.11.